The molecule has 2 aromatic carbocycles. The van der Waals surface area contributed by atoms with E-state index in [1.165, 1.54) is 0 Å². The van der Waals surface area contributed by atoms with Crippen molar-refractivity contribution < 1.29 is 9.53 Å². The third-order valence-corrected chi connectivity index (χ3v) is 4.54. The van der Waals surface area contributed by atoms with Gasteiger partial charge in [0.15, 0.2) is 5.78 Å². The van der Waals surface area contributed by atoms with Crippen LogP contribution in [-0.2, 0) is 0 Å². The lowest BCUT2D eigenvalue weighted by molar-refractivity contribution is 0.0971. The van der Waals surface area contributed by atoms with Crippen LogP contribution in [0, 0.1) is 0 Å². The van der Waals surface area contributed by atoms with E-state index in [2.05, 4.69) is 15.3 Å². The van der Waals surface area contributed by atoms with Gasteiger partial charge in [-0.3, -0.25) is 9.78 Å². The number of nitrogens with one attached hydrogen (secondary N) is 2. The van der Waals surface area contributed by atoms with Gasteiger partial charge in [0, 0.05) is 40.6 Å². The van der Waals surface area contributed by atoms with Crippen molar-refractivity contribution in [1.82, 2.24) is 9.97 Å². The molecule has 0 amide bonds. The number of benzene rings is 2. The quantitative estimate of drug-likeness (QED) is 0.495. The Kier molecular flexibility index (Phi) is 4.58. The van der Waals surface area contributed by atoms with Gasteiger partial charge in [0.05, 0.1) is 12.8 Å². The van der Waals surface area contributed by atoms with Gasteiger partial charge in [0.2, 0.25) is 0 Å². The van der Waals surface area contributed by atoms with Crippen LogP contribution in [0.5, 0.6) is 5.75 Å². The summed E-state index contributed by atoms with van der Waals surface area (Å²) in [6, 6.07) is 18.5. The number of pyridine rings is 1. The number of carbonyl (C=O) groups excluding carboxylic acids is 1. The third kappa shape index (κ3) is 3.27. The van der Waals surface area contributed by atoms with Crippen LogP contribution in [0.3, 0.4) is 0 Å². The van der Waals surface area contributed by atoms with Crippen LogP contribution in [0.25, 0.3) is 10.9 Å². The molecule has 0 fully saturated rings. The normalized spacial score (nSPS) is 11.9. The van der Waals surface area contributed by atoms with Crippen molar-refractivity contribution in [3.8, 4) is 5.75 Å². The Morgan fingerprint density at radius 2 is 1.89 bits per heavy atom. The van der Waals surface area contributed by atoms with Crippen LogP contribution < -0.4 is 10.1 Å². The maximum atomic E-state index is 13.5. The Morgan fingerprint density at radius 3 is 2.70 bits per heavy atom. The van der Waals surface area contributed by atoms with E-state index < -0.39 is 6.04 Å². The van der Waals surface area contributed by atoms with Crippen LogP contribution in [0.4, 0.5) is 5.69 Å². The highest BCUT2D eigenvalue weighted by Gasteiger charge is 2.25. The van der Waals surface area contributed by atoms with Gasteiger partial charge >= 0.3 is 0 Å². The fourth-order valence-electron chi connectivity index (χ4n) is 3.20. The molecule has 0 spiro atoms. The van der Waals surface area contributed by atoms with Gasteiger partial charge in [-0.2, -0.15) is 0 Å². The fraction of sp³-hybridized carbons (Fsp3) is 0.0909. The zero-order valence-electron chi connectivity index (χ0n) is 14.8. The topological polar surface area (TPSA) is 67.0 Å². The molecule has 5 heteroatoms. The first-order valence-electron chi connectivity index (χ1n) is 8.67. The number of hydrogen-bond acceptors (Lipinski definition) is 4. The number of Topliss-reactive ketones (excluding diaryl/α,β-unsaturated/α-hetero) is 1. The summed E-state index contributed by atoms with van der Waals surface area (Å²) in [6.45, 7) is 0. The Labute approximate surface area is 157 Å². The molecular weight excluding hydrogens is 338 g/mol. The summed E-state index contributed by atoms with van der Waals surface area (Å²) in [6.07, 6.45) is 5.17. The standard InChI is InChI=1S/C22H19N3O2/c1-27-20-11-5-4-10-19(20)25-21(15-7-6-12-23-13-15)22(26)17-14-24-18-9-3-2-8-16(17)18/h2-14,21,24-25H,1H3. The highest BCUT2D eigenvalue weighted by Crippen LogP contribution is 2.31. The molecule has 0 aliphatic rings. The maximum absolute atomic E-state index is 13.5. The summed E-state index contributed by atoms with van der Waals surface area (Å²) in [5, 5.41) is 4.24. The predicted molar refractivity (Wildman–Crippen MR) is 106 cm³/mol. The maximum Gasteiger partial charge on any atom is 0.191 e. The number of aromatic amines is 1. The van der Waals surface area contributed by atoms with E-state index in [0.717, 1.165) is 22.2 Å². The van der Waals surface area contributed by atoms with Crippen molar-refractivity contribution in [3.05, 3.63) is 90.4 Å². The number of para-hydroxylation sites is 3. The van der Waals surface area contributed by atoms with Gasteiger partial charge in [-0.05, 0) is 24.3 Å². The van der Waals surface area contributed by atoms with Crippen molar-refractivity contribution in [1.29, 1.82) is 0 Å². The molecule has 2 N–H and O–H groups in total. The van der Waals surface area contributed by atoms with E-state index in [9.17, 15) is 4.79 Å². The molecule has 134 valence electrons. The van der Waals surface area contributed by atoms with E-state index in [1.807, 2.05) is 60.7 Å². The minimum absolute atomic E-state index is 0.0358. The van der Waals surface area contributed by atoms with Crippen LogP contribution >= 0.6 is 0 Å². The fourth-order valence-corrected chi connectivity index (χ4v) is 3.20. The minimum Gasteiger partial charge on any atom is -0.495 e. The molecule has 1 unspecified atom stereocenters. The van der Waals surface area contributed by atoms with Gasteiger partial charge in [-0.25, -0.2) is 0 Å². The Morgan fingerprint density at radius 1 is 1.07 bits per heavy atom. The zero-order valence-corrected chi connectivity index (χ0v) is 14.8. The second-order valence-corrected chi connectivity index (χ2v) is 6.18. The number of ketones is 1. The average Bonchev–Trinajstić information content (AvgIpc) is 3.16. The average molecular weight is 357 g/mol. The molecule has 0 saturated heterocycles. The van der Waals surface area contributed by atoms with Gasteiger partial charge in [-0.1, -0.05) is 36.4 Å². The number of nitrogens with zero attached hydrogens (tertiary/aromatic N) is 1. The monoisotopic (exact) mass is 357 g/mol. The summed E-state index contributed by atoms with van der Waals surface area (Å²) in [5.74, 6) is 0.643. The smallest absolute Gasteiger partial charge is 0.191 e. The van der Waals surface area contributed by atoms with E-state index in [-0.39, 0.29) is 5.78 Å². The van der Waals surface area contributed by atoms with Crippen molar-refractivity contribution in [2.24, 2.45) is 0 Å². The second kappa shape index (κ2) is 7.33. The van der Waals surface area contributed by atoms with E-state index in [4.69, 9.17) is 4.74 Å². The number of hydrogen-bond donors (Lipinski definition) is 2. The molecule has 27 heavy (non-hydrogen) atoms. The first-order chi connectivity index (χ1) is 13.3. The molecule has 0 radical (unpaired) electrons. The largest absolute Gasteiger partial charge is 0.495 e. The SMILES string of the molecule is COc1ccccc1NC(C(=O)c1c[nH]c2ccccc12)c1cccnc1. The highest BCUT2D eigenvalue weighted by molar-refractivity contribution is 6.11. The minimum atomic E-state index is -0.589. The lowest BCUT2D eigenvalue weighted by atomic mass is 9.97. The molecular formula is C22H19N3O2. The number of carbonyl (C=O) groups is 1. The Balaban J connectivity index is 1.77. The second-order valence-electron chi connectivity index (χ2n) is 6.18. The summed E-state index contributed by atoms with van der Waals surface area (Å²) in [7, 11) is 1.61. The number of H-pyrrole nitrogens is 1. The Hall–Kier alpha value is -3.60. The third-order valence-electron chi connectivity index (χ3n) is 4.54. The molecule has 0 aliphatic carbocycles. The predicted octanol–water partition coefficient (Wildman–Crippen LogP) is 4.61. The molecule has 2 heterocycles. The number of fused-ring (bicyclic) bond motifs is 1. The lowest BCUT2D eigenvalue weighted by Gasteiger charge is -2.20. The number of methoxy groups -OCH3 is 1. The number of anilines is 1. The van der Waals surface area contributed by atoms with Crippen molar-refractivity contribution >= 4 is 22.4 Å². The number of ether oxygens (including phenoxy) is 1. The first kappa shape index (κ1) is 16.8. The van der Waals surface area contributed by atoms with Gasteiger partial charge in [0.1, 0.15) is 11.8 Å². The highest BCUT2D eigenvalue weighted by atomic mass is 16.5. The summed E-state index contributed by atoms with van der Waals surface area (Å²) < 4.78 is 5.43. The molecule has 0 saturated carbocycles. The molecule has 0 bridgehead atoms. The van der Waals surface area contributed by atoms with Crippen molar-refractivity contribution in [2.45, 2.75) is 6.04 Å². The van der Waals surface area contributed by atoms with E-state index in [0.29, 0.717) is 11.3 Å². The van der Waals surface area contributed by atoms with E-state index >= 15 is 0 Å². The molecule has 2 aromatic heterocycles. The van der Waals surface area contributed by atoms with Gasteiger partial charge in [-0.15, -0.1) is 0 Å². The van der Waals surface area contributed by atoms with Crippen LogP contribution in [0.2, 0.25) is 0 Å². The lowest BCUT2D eigenvalue weighted by Crippen LogP contribution is -2.21. The van der Waals surface area contributed by atoms with Gasteiger partial charge in [0.25, 0.3) is 0 Å². The summed E-state index contributed by atoms with van der Waals surface area (Å²) in [5.41, 5.74) is 3.12. The first-order valence-corrected chi connectivity index (χ1v) is 8.67. The molecule has 1 atom stereocenters. The Bertz CT molecular complexity index is 1070. The molecule has 5 nitrogen and oxygen atoms in total. The van der Waals surface area contributed by atoms with Gasteiger partial charge < -0.3 is 15.0 Å². The van der Waals surface area contributed by atoms with Crippen LogP contribution in [-0.4, -0.2) is 22.9 Å². The summed E-state index contributed by atoms with van der Waals surface area (Å²) in [4.78, 5) is 20.8. The van der Waals surface area contributed by atoms with Crippen LogP contribution in [0.15, 0.2) is 79.3 Å². The summed E-state index contributed by atoms with van der Waals surface area (Å²) >= 11 is 0. The number of aromatic nitrogens is 2. The van der Waals surface area contributed by atoms with Crippen LogP contribution in [0.1, 0.15) is 22.0 Å². The molecule has 4 aromatic rings. The number of rotatable bonds is 6. The molecule has 4 rings (SSSR count). The van der Waals surface area contributed by atoms with E-state index in [1.54, 1.807) is 25.7 Å². The zero-order chi connectivity index (χ0) is 18.6. The molecule has 0 aliphatic heterocycles. The van der Waals surface area contributed by atoms with Crippen molar-refractivity contribution in [2.75, 3.05) is 12.4 Å². The van der Waals surface area contributed by atoms with Crippen molar-refractivity contribution in [3.63, 3.8) is 0 Å².